The van der Waals surface area contributed by atoms with E-state index < -0.39 is 0 Å². The second-order valence-electron chi connectivity index (χ2n) is 7.44. The number of hydrogen-bond acceptors (Lipinski definition) is 2. The number of hydrogen-bond donors (Lipinski definition) is 1. The molecule has 1 heterocycles. The first kappa shape index (κ1) is 15.3. The van der Waals surface area contributed by atoms with Gasteiger partial charge in [0, 0.05) is 6.54 Å². The molecule has 112 valence electrons. The van der Waals surface area contributed by atoms with Crippen molar-refractivity contribution in [2.24, 2.45) is 11.3 Å². The average molecular weight is 267 g/mol. The fraction of sp³-hybridized carbons (Fsp3) is 1.00. The lowest BCUT2D eigenvalue weighted by Gasteiger charge is -2.39. The average Bonchev–Trinajstić information content (AvgIpc) is 2.75. The third-order valence-electron chi connectivity index (χ3n) is 4.95. The van der Waals surface area contributed by atoms with Gasteiger partial charge >= 0.3 is 0 Å². The van der Waals surface area contributed by atoms with Crippen molar-refractivity contribution in [2.75, 3.05) is 13.1 Å². The highest BCUT2D eigenvalue weighted by molar-refractivity contribution is 4.89. The van der Waals surface area contributed by atoms with E-state index >= 15 is 0 Å². The molecule has 1 saturated carbocycles. The van der Waals surface area contributed by atoms with Crippen LogP contribution >= 0.6 is 0 Å². The van der Waals surface area contributed by atoms with Crippen molar-refractivity contribution in [3.05, 3.63) is 0 Å². The Hall–Kier alpha value is -0.0800. The van der Waals surface area contributed by atoms with E-state index in [2.05, 4.69) is 26.1 Å². The van der Waals surface area contributed by atoms with Gasteiger partial charge in [0.05, 0.1) is 12.2 Å². The van der Waals surface area contributed by atoms with E-state index in [9.17, 15) is 0 Å². The summed E-state index contributed by atoms with van der Waals surface area (Å²) in [7, 11) is 0. The van der Waals surface area contributed by atoms with E-state index in [-0.39, 0.29) is 0 Å². The summed E-state index contributed by atoms with van der Waals surface area (Å²) < 4.78 is 6.09. The Morgan fingerprint density at radius 3 is 2.47 bits per heavy atom. The van der Waals surface area contributed by atoms with Crippen molar-refractivity contribution < 1.29 is 4.74 Å². The monoisotopic (exact) mass is 267 g/mol. The van der Waals surface area contributed by atoms with E-state index in [0.29, 0.717) is 17.6 Å². The molecule has 1 saturated heterocycles. The second kappa shape index (κ2) is 7.08. The standard InChI is InChI=1S/C17H33NO/c1-14(2)12-18-13-17(9-5-4-6-10-17)11-16-8-7-15(3)19-16/h14-16,18H,4-13H2,1-3H3. The van der Waals surface area contributed by atoms with Crippen LogP contribution in [0.3, 0.4) is 0 Å². The van der Waals surface area contributed by atoms with Crippen LogP contribution in [0.25, 0.3) is 0 Å². The Morgan fingerprint density at radius 2 is 1.89 bits per heavy atom. The Bertz CT molecular complexity index is 258. The molecule has 0 aromatic heterocycles. The van der Waals surface area contributed by atoms with Crippen LogP contribution in [0.5, 0.6) is 0 Å². The normalized spacial score (nSPS) is 30.9. The van der Waals surface area contributed by atoms with Crippen LogP contribution in [0.4, 0.5) is 0 Å². The minimum Gasteiger partial charge on any atom is -0.375 e. The quantitative estimate of drug-likeness (QED) is 0.781. The van der Waals surface area contributed by atoms with Gasteiger partial charge in [-0.05, 0) is 56.9 Å². The molecule has 1 aliphatic heterocycles. The molecule has 0 aromatic carbocycles. The molecule has 0 aromatic rings. The largest absolute Gasteiger partial charge is 0.375 e. The van der Waals surface area contributed by atoms with Crippen molar-refractivity contribution in [1.82, 2.24) is 5.32 Å². The molecule has 0 bridgehead atoms. The number of nitrogens with one attached hydrogen (secondary N) is 1. The molecule has 2 atom stereocenters. The molecule has 2 heteroatoms. The van der Waals surface area contributed by atoms with Gasteiger partial charge < -0.3 is 10.1 Å². The molecule has 2 unspecified atom stereocenters. The molecule has 1 aliphatic carbocycles. The molecular weight excluding hydrogens is 234 g/mol. The van der Waals surface area contributed by atoms with Gasteiger partial charge in [-0.15, -0.1) is 0 Å². The van der Waals surface area contributed by atoms with Crippen LogP contribution in [-0.2, 0) is 4.74 Å². The van der Waals surface area contributed by atoms with Crippen LogP contribution in [0, 0.1) is 11.3 Å². The van der Waals surface area contributed by atoms with E-state index in [1.165, 1.54) is 57.9 Å². The highest BCUT2D eigenvalue weighted by Crippen LogP contribution is 2.42. The predicted molar refractivity (Wildman–Crippen MR) is 81.4 cm³/mol. The number of rotatable bonds is 6. The molecular formula is C17H33NO. The lowest BCUT2D eigenvalue weighted by molar-refractivity contribution is 0.0105. The fourth-order valence-electron chi connectivity index (χ4n) is 3.90. The second-order valence-corrected chi connectivity index (χ2v) is 7.44. The summed E-state index contributed by atoms with van der Waals surface area (Å²) >= 11 is 0. The molecule has 2 nitrogen and oxygen atoms in total. The lowest BCUT2D eigenvalue weighted by atomic mass is 9.70. The van der Waals surface area contributed by atoms with Gasteiger partial charge in [0.15, 0.2) is 0 Å². The highest BCUT2D eigenvalue weighted by atomic mass is 16.5. The summed E-state index contributed by atoms with van der Waals surface area (Å²) in [4.78, 5) is 0. The third kappa shape index (κ3) is 4.75. The summed E-state index contributed by atoms with van der Waals surface area (Å²) in [5, 5.41) is 3.72. The zero-order chi connectivity index (χ0) is 13.7. The van der Waals surface area contributed by atoms with Gasteiger partial charge in [-0.3, -0.25) is 0 Å². The fourth-order valence-corrected chi connectivity index (χ4v) is 3.90. The summed E-state index contributed by atoms with van der Waals surface area (Å²) in [6.07, 6.45) is 12.0. The van der Waals surface area contributed by atoms with E-state index in [1.807, 2.05) is 0 Å². The van der Waals surface area contributed by atoms with Crippen molar-refractivity contribution in [3.63, 3.8) is 0 Å². The maximum Gasteiger partial charge on any atom is 0.0585 e. The first-order chi connectivity index (χ1) is 9.10. The van der Waals surface area contributed by atoms with Crippen molar-refractivity contribution in [2.45, 2.75) is 84.3 Å². The van der Waals surface area contributed by atoms with E-state index in [4.69, 9.17) is 4.74 Å². The van der Waals surface area contributed by atoms with E-state index in [0.717, 1.165) is 12.5 Å². The predicted octanol–water partition coefficient (Wildman–Crippen LogP) is 4.14. The minimum absolute atomic E-state index is 0.495. The summed E-state index contributed by atoms with van der Waals surface area (Å²) in [6, 6.07) is 0. The van der Waals surface area contributed by atoms with Crippen molar-refractivity contribution in [3.8, 4) is 0 Å². The first-order valence-corrected chi connectivity index (χ1v) is 8.46. The maximum atomic E-state index is 6.09. The lowest BCUT2D eigenvalue weighted by Crippen LogP contribution is -2.40. The van der Waals surface area contributed by atoms with Gasteiger partial charge in [-0.25, -0.2) is 0 Å². The first-order valence-electron chi connectivity index (χ1n) is 8.46. The summed E-state index contributed by atoms with van der Waals surface area (Å²) in [5.41, 5.74) is 0.530. The van der Waals surface area contributed by atoms with E-state index in [1.54, 1.807) is 0 Å². The van der Waals surface area contributed by atoms with Crippen LogP contribution in [0.1, 0.15) is 72.1 Å². The number of ether oxygens (including phenoxy) is 1. The molecule has 0 radical (unpaired) electrons. The molecule has 2 fully saturated rings. The third-order valence-corrected chi connectivity index (χ3v) is 4.95. The Kier molecular flexibility index (Phi) is 5.70. The van der Waals surface area contributed by atoms with Gasteiger partial charge in [-0.2, -0.15) is 0 Å². The molecule has 2 aliphatic rings. The van der Waals surface area contributed by atoms with Crippen molar-refractivity contribution in [1.29, 1.82) is 0 Å². The Balaban J connectivity index is 1.86. The van der Waals surface area contributed by atoms with Crippen LogP contribution in [-0.4, -0.2) is 25.3 Å². The topological polar surface area (TPSA) is 21.3 Å². The maximum absolute atomic E-state index is 6.09. The van der Waals surface area contributed by atoms with Gasteiger partial charge in [-0.1, -0.05) is 33.1 Å². The van der Waals surface area contributed by atoms with Crippen LogP contribution in [0.2, 0.25) is 0 Å². The Labute approximate surface area is 119 Å². The SMILES string of the molecule is CC(C)CNCC1(CC2CCC(C)O2)CCCCC1. The highest BCUT2D eigenvalue weighted by Gasteiger charge is 2.36. The van der Waals surface area contributed by atoms with Crippen LogP contribution in [0.15, 0.2) is 0 Å². The zero-order valence-electron chi connectivity index (χ0n) is 13.2. The summed E-state index contributed by atoms with van der Waals surface area (Å²) in [5.74, 6) is 0.753. The van der Waals surface area contributed by atoms with Gasteiger partial charge in [0.1, 0.15) is 0 Å². The van der Waals surface area contributed by atoms with Crippen LogP contribution < -0.4 is 5.32 Å². The zero-order valence-corrected chi connectivity index (χ0v) is 13.2. The van der Waals surface area contributed by atoms with Gasteiger partial charge in [0.25, 0.3) is 0 Å². The molecule has 1 N–H and O–H groups in total. The minimum atomic E-state index is 0.495. The smallest absolute Gasteiger partial charge is 0.0585 e. The Morgan fingerprint density at radius 1 is 1.16 bits per heavy atom. The van der Waals surface area contributed by atoms with Gasteiger partial charge in [0.2, 0.25) is 0 Å². The molecule has 0 spiro atoms. The van der Waals surface area contributed by atoms with Crippen molar-refractivity contribution >= 4 is 0 Å². The molecule has 0 amide bonds. The molecule has 19 heavy (non-hydrogen) atoms. The molecule has 2 rings (SSSR count). The summed E-state index contributed by atoms with van der Waals surface area (Å²) in [6.45, 7) is 9.18.